The molecule has 6 heteroatoms. The van der Waals surface area contributed by atoms with Gasteiger partial charge in [-0.05, 0) is 12.1 Å². The van der Waals surface area contributed by atoms with Gasteiger partial charge in [-0.3, -0.25) is 4.79 Å². The van der Waals surface area contributed by atoms with Crippen LogP contribution >= 0.6 is 11.8 Å². The highest BCUT2D eigenvalue weighted by Crippen LogP contribution is 2.23. The fourth-order valence-electron chi connectivity index (χ4n) is 1.68. The molecule has 16 heavy (non-hydrogen) atoms. The second kappa shape index (κ2) is 4.21. The number of rotatable bonds is 2. The number of thioether (sulfide) groups is 1. The van der Waals surface area contributed by atoms with E-state index in [9.17, 15) is 9.59 Å². The molecule has 0 saturated carbocycles. The molecule has 2 heterocycles. The second-order valence-corrected chi connectivity index (χ2v) is 4.63. The van der Waals surface area contributed by atoms with E-state index in [0.717, 1.165) is 0 Å². The Kier molecular flexibility index (Phi) is 2.91. The Bertz CT molecular complexity index is 429. The average Bonchev–Trinajstić information content (AvgIpc) is 2.84. The molecule has 0 spiro atoms. The number of carboxylic acids is 1. The molecule has 0 radical (unpaired) electrons. The smallest absolute Gasteiger partial charge is 0.327 e. The Labute approximate surface area is 97.0 Å². The summed E-state index contributed by atoms with van der Waals surface area (Å²) < 4.78 is 1.70. The van der Waals surface area contributed by atoms with Crippen molar-refractivity contribution in [3.8, 4) is 0 Å². The van der Waals surface area contributed by atoms with Gasteiger partial charge >= 0.3 is 5.97 Å². The summed E-state index contributed by atoms with van der Waals surface area (Å²) in [5, 5.41) is 8.99. The van der Waals surface area contributed by atoms with Crippen molar-refractivity contribution in [2.45, 2.75) is 6.04 Å². The van der Waals surface area contributed by atoms with E-state index in [4.69, 9.17) is 5.11 Å². The highest BCUT2D eigenvalue weighted by atomic mass is 32.2. The zero-order chi connectivity index (χ0) is 11.7. The van der Waals surface area contributed by atoms with E-state index >= 15 is 0 Å². The molecule has 1 aliphatic rings. The van der Waals surface area contributed by atoms with E-state index in [2.05, 4.69) is 0 Å². The molecule has 0 aromatic carbocycles. The minimum atomic E-state index is -0.937. The Morgan fingerprint density at radius 1 is 1.56 bits per heavy atom. The van der Waals surface area contributed by atoms with Gasteiger partial charge in [0.05, 0.1) is 5.88 Å². The molecule has 0 unspecified atom stereocenters. The first-order chi connectivity index (χ1) is 7.61. The van der Waals surface area contributed by atoms with Crippen LogP contribution in [0.3, 0.4) is 0 Å². The quantitative estimate of drug-likeness (QED) is 0.823. The van der Waals surface area contributed by atoms with Crippen molar-refractivity contribution in [2.75, 3.05) is 11.6 Å². The first-order valence-electron chi connectivity index (χ1n) is 4.84. The topological polar surface area (TPSA) is 62.5 Å². The fraction of sp³-hybridized carbons (Fsp3) is 0.400. The standard InChI is InChI=1S/C10H12N2O3S/c1-11-4-2-3-7(11)9(13)12-6-16-5-8(12)10(14)15/h2-4,8H,5-6H2,1H3,(H,14,15)/t8-/m0/s1. The number of aryl methyl sites for hydroxylation is 1. The number of carboxylic acid groups (broad SMARTS) is 1. The van der Waals surface area contributed by atoms with E-state index in [-0.39, 0.29) is 5.91 Å². The van der Waals surface area contributed by atoms with Gasteiger partial charge in [-0.1, -0.05) is 0 Å². The van der Waals surface area contributed by atoms with Crippen LogP contribution in [0.1, 0.15) is 10.5 Å². The van der Waals surface area contributed by atoms with Crippen molar-refractivity contribution < 1.29 is 14.7 Å². The third-order valence-corrected chi connectivity index (χ3v) is 3.60. The zero-order valence-electron chi connectivity index (χ0n) is 8.79. The molecule has 1 fully saturated rings. The predicted octanol–water partition coefficient (Wildman–Crippen LogP) is 0.625. The highest BCUT2D eigenvalue weighted by Gasteiger charge is 2.35. The fourth-order valence-corrected chi connectivity index (χ4v) is 2.82. The molecule has 86 valence electrons. The Morgan fingerprint density at radius 3 is 2.88 bits per heavy atom. The van der Waals surface area contributed by atoms with Gasteiger partial charge in [0.15, 0.2) is 0 Å². The van der Waals surface area contributed by atoms with Gasteiger partial charge in [-0.2, -0.15) is 0 Å². The zero-order valence-corrected chi connectivity index (χ0v) is 9.61. The van der Waals surface area contributed by atoms with Gasteiger partial charge in [0.25, 0.3) is 5.91 Å². The van der Waals surface area contributed by atoms with Gasteiger partial charge in [0.2, 0.25) is 0 Å². The van der Waals surface area contributed by atoms with Crippen LogP contribution in [-0.2, 0) is 11.8 Å². The highest BCUT2D eigenvalue weighted by molar-refractivity contribution is 7.99. The predicted molar refractivity (Wildman–Crippen MR) is 60.3 cm³/mol. The van der Waals surface area contributed by atoms with Crippen LogP contribution in [0.15, 0.2) is 18.3 Å². The van der Waals surface area contributed by atoms with Gasteiger partial charge in [0.1, 0.15) is 11.7 Å². The normalized spacial score (nSPS) is 20.1. The third kappa shape index (κ3) is 1.80. The van der Waals surface area contributed by atoms with E-state index in [1.54, 1.807) is 29.9 Å². The van der Waals surface area contributed by atoms with E-state index in [1.165, 1.54) is 16.7 Å². The van der Waals surface area contributed by atoms with Crippen molar-refractivity contribution >= 4 is 23.6 Å². The summed E-state index contributed by atoms with van der Waals surface area (Å²) in [6, 6.07) is 2.77. The maximum absolute atomic E-state index is 12.1. The van der Waals surface area contributed by atoms with Crippen LogP contribution in [-0.4, -0.2) is 44.1 Å². The van der Waals surface area contributed by atoms with Crippen LogP contribution in [0, 0.1) is 0 Å². The largest absolute Gasteiger partial charge is 0.480 e. The van der Waals surface area contributed by atoms with Gasteiger partial charge in [0, 0.05) is 19.0 Å². The molecule has 2 rings (SSSR count). The summed E-state index contributed by atoms with van der Waals surface area (Å²) in [4.78, 5) is 24.4. The van der Waals surface area contributed by atoms with Crippen molar-refractivity contribution in [1.29, 1.82) is 0 Å². The number of nitrogens with zero attached hydrogens (tertiary/aromatic N) is 2. The van der Waals surface area contributed by atoms with Gasteiger partial charge in [-0.15, -0.1) is 11.8 Å². The maximum atomic E-state index is 12.1. The number of carbonyl (C=O) groups is 2. The summed E-state index contributed by atoms with van der Waals surface area (Å²) in [5.74, 6) is -0.246. The van der Waals surface area contributed by atoms with Crippen molar-refractivity contribution in [1.82, 2.24) is 9.47 Å². The van der Waals surface area contributed by atoms with Crippen LogP contribution in [0.5, 0.6) is 0 Å². The number of aliphatic carboxylic acids is 1. The van der Waals surface area contributed by atoms with Crippen LogP contribution in [0.4, 0.5) is 0 Å². The van der Waals surface area contributed by atoms with E-state index < -0.39 is 12.0 Å². The SMILES string of the molecule is Cn1cccc1C(=O)N1CSC[C@H]1C(=O)O. The lowest BCUT2D eigenvalue weighted by Gasteiger charge is -2.20. The number of hydrogen-bond acceptors (Lipinski definition) is 3. The molecule has 1 aliphatic heterocycles. The number of aromatic nitrogens is 1. The lowest BCUT2D eigenvalue weighted by Crippen LogP contribution is -2.42. The maximum Gasteiger partial charge on any atom is 0.327 e. The molecule has 1 aromatic heterocycles. The average molecular weight is 240 g/mol. The van der Waals surface area contributed by atoms with Gasteiger partial charge < -0.3 is 14.6 Å². The molecule has 0 bridgehead atoms. The van der Waals surface area contributed by atoms with Crippen LogP contribution in [0.25, 0.3) is 0 Å². The van der Waals surface area contributed by atoms with Gasteiger partial charge in [-0.25, -0.2) is 4.79 Å². The second-order valence-electron chi connectivity index (χ2n) is 3.63. The first kappa shape index (κ1) is 11.1. The van der Waals surface area contributed by atoms with Crippen molar-refractivity contribution in [3.05, 3.63) is 24.0 Å². The van der Waals surface area contributed by atoms with Crippen molar-refractivity contribution in [3.63, 3.8) is 0 Å². The van der Waals surface area contributed by atoms with E-state index in [0.29, 0.717) is 17.3 Å². The molecule has 1 amide bonds. The molecular weight excluding hydrogens is 228 g/mol. The number of hydrogen-bond donors (Lipinski definition) is 1. The monoisotopic (exact) mass is 240 g/mol. The Morgan fingerprint density at radius 2 is 2.31 bits per heavy atom. The van der Waals surface area contributed by atoms with Crippen LogP contribution in [0.2, 0.25) is 0 Å². The lowest BCUT2D eigenvalue weighted by molar-refractivity contribution is -0.140. The van der Waals surface area contributed by atoms with E-state index in [1.807, 2.05) is 0 Å². The molecule has 1 N–H and O–H groups in total. The van der Waals surface area contributed by atoms with Crippen molar-refractivity contribution in [2.24, 2.45) is 7.05 Å². The minimum absolute atomic E-state index is 0.218. The molecule has 1 aromatic rings. The number of carbonyl (C=O) groups excluding carboxylic acids is 1. The number of amides is 1. The van der Waals surface area contributed by atoms with Crippen LogP contribution < -0.4 is 0 Å². The summed E-state index contributed by atoms with van der Waals surface area (Å²) in [7, 11) is 1.77. The summed E-state index contributed by atoms with van der Waals surface area (Å²) >= 11 is 1.47. The third-order valence-electron chi connectivity index (χ3n) is 2.59. The Hall–Kier alpha value is -1.43. The Balaban J connectivity index is 2.22. The molecular formula is C10H12N2O3S. The summed E-state index contributed by atoms with van der Waals surface area (Å²) in [5.41, 5.74) is 0.522. The first-order valence-corrected chi connectivity index (χ1v) is 5.99. The minimum Gasteiger partial charge on any atom is -0.480 e. The summed E-state index contributed by atoms with van der Waals surface area (Å²) in [6.07, 6.45) is 1.77. The summed E-state index contributed by atoms with van der Waals surface area (Å²) in [6.45, 7) is 0. The molecule has 1 saturated heterocycles. The lowest BCUT2D eigenvalue weighted by atomic mass is 10.2. The molecule has 1 atom stereocenters. The molecule has 0 aliphatic carbocycles. The molecule has 5 nitrogen and oxygen atoms in total.